The highest BCUT2D eigenvalue weighted by atomic mass is 35.5. The van der Waals surface area contributed by atoms with Crippen LogP contribution in [0.15, 0.2) is 6.07 Å². The first-order chi connectivity index (χ1) is 8.89. The van der Waals surface area contributed by atoms with E-state index < -0.39 is 0 Å². The molecule has 1 unspecified atom stereocenters. The molecule has 0 saturated heterocycles. The van der Waals surface area contributed by atoms with Crippen molar-refractivity contribution in [2.24, 2.45) is 0 Å². The average molecular weight is 324 g/mol. The van der Waals surface area contributed by atoms with E-state index in [4.69, 9.17) is 27.9 Å². The SMILES string of the molecule is CCCNC(CCC(C)(C)OC)c1cc(Cl)sc1Cl. The van der Waals surface area contributed by atoms with Gasteiger partial charge in [-0.25, -0.2) is 0 Å². The normalized spacial score (nSPS) is 13.8. The number of hydrogen-bond donors (Lipinski definition) is 1. The molecule has 0 aliphatic heterocycles. The van der Waals surface area contributed by atoms with Crippen LogP contribution in [0.2, 0.25) is 8.67 Å². The molecule has 19 heavy (non-hydrogen) atoms. The van der Waals surface area contributed by atoms with Crippen molar-refractivity contribution in [2.75, 3.05) is 13.7 Å². The number of thiophene rings is 1. The van der Waals surface area contributed by atoms with E-state index in [1.54, 1.807) is 7.11 Å². The van der Waals surface area contributed by atoms with Gasteiger partial charge in [0.15, 0.2) is 0 Å². The molecule has 5 heteroatoms. The molecule has 1 N–H and O–H groups in total. The first-order valence-corrected chi connectivity index (χ1v) is 8.20. The lowest BCUT2D eigenvalue weighted by atomic mass is 9.96. The summed E-state index contributed by atoms with van der Waals surface area (Å²) in [6.45, 7) is 7.34. The number of ether oxygens (including phenoxy) is 1. The van der Waals surface area contributed by atoms with E-state index in [2.05, 4.69) is 26.1 Å². The van der Waals surface area contributed by atoms with E-state index in [0.29, 0.717) is 0 Å². The highest BCUT2D eigenvalue weighted by Gasteiger charge is 2.22. The Hall–Kier alpha value is 0.200. The van der Waals surface area contributed by atoms with Crippen molar-refractivity contribution in [2.45, 2.75) is 51.7 Å². The van der Waals surface area contributed by atoms with Gasteiger partial charge in [-0.3, -0.25) is 0 Å². The summed E-state index contributed by atoms with van der Waals surface area (Å²) in [4.78, 5) is 0. The maximum absolute atomic E-state index is 6.27. The van der Waals surface area contributed by atoms with Crippen molar-refractivity contribution in [1.82, 2.24) is 5.32 Å². The highest BCUT2D eigenvalue weighted by Crippen LogP contribution is 2.37. The third-order valence-corrected chi connectivity index (χ3v) is 4.80. The molecule has 0 aromatic carbocycles. The van der Waals surface area contributed by atoms with E-state index in [0.717, 1.165) is 40.0 Å². The smallest absolute Gasteiger partial charge is 0.0991 e. The van der Waals surface area contributed by atoms with Gasteiger partial charge in [0.25, 0.3) is 0 Å². The summed E-state index contributed by atoms with van der Waals surface area (Å²) in [5.74, 6) is 0. The maximum Gasteiger partial charge on any atom is 0.0991 e. The summed E-state index contributed by atoms with van der Waals surface area (Å²) < 4.78 is 7.01. The lowest BCUT2D eigenvalue weighted by molar-refractivity contribution is 0.0117. The van der Waals surface area contributed by atoms with Crippen LogP contribution in [0.3, 0.4) is 0 Å². The second-order valence-corrected chi connectivity index (χ2v) is 7.57. The Kier molecular flexibility index (Phi) is 7.12. The molecular weight excluding hydrogens is 301 g/mol. The number of nitrogens with one attached hydrogen (secondary N) is 1. The Labute approximate surface area is 130 Å². The van der Waals surface area contributed by atoms with Gasteiger partial charge in [0, 0.05) is 18.7 Å². The minimum atomic E-state index is -0.113. The second kappa shape index (κ2) is 7.84. The van der Waals surface area contributed by atoms with Crippen molar-refractivity contribution in [3.63, 3.8) is 0 Å². The molecule has 1 atom stereocenters. The van der Waals surface area contributed by atoms with Gasteiger partial charge >= 0.3 is 0 Å². The van der Waals surface area contributed by atoms with E-state index in [1.165, 1.54) is 11.3 Å². The van der Waals surface area contributed by atoms with Crippen LogP contribution in [0.5, 0.6) is 0 Å². The molecule has 1 aromatic rings. The summed E-state index contributed by atoms with van der Waals surface area (Å²) in [5.41, 5.74) is 0.996. The molecule has 0 aliphatic rings. The molecule has 110 valence electrons. The number of halogens is 2. The zero-order chi connectivity index (χ0) is 14.5. The van der Waals surface area contributed by atoms with Gasteiger partial charge < -0.3 is 10.1 Å². The lowest BCUT2D eigenvalue weighted by Gasteiger charge is -2.26. The van der Waals surface area contributed by atoms with Crippen molar-refractivity contribution in [1.29, 1.82) is 0 Å². The Morgan fingerprint density at radius 1 is 1.42 bits per heavy atom. The molecule has 0 spiro atoms. The topological polar surface area (TPSA) is 21.3 Å². The molecule has 0 fully saturated rings. The van der Waals surface area contributed by atoms with Gasteiger partial charge in [0.05, 0.1) is 14.3 Å². The van der Waals surface area contributed by atoms with Crippen LogP contribution in [0.25, 0.3) is 0 Å². The van der Waals surface area contributed by atoms with Crippen LogP contribution in [0.1, 0.15) is 51.6 Å². The third kappa shape index (κ3) is 5.60. The molecule has 1 heterocycles. The predicted octanol–water partition coefficient (Wildman–Crippen LogP) is 5.30. The Balaban J connectivity index is 2.74. The number of methoxy groups -OCH3 is 1. The third-order valence-electron chi connectivity index (χ3n) is 3.29. The summed E-state index contributed by atoms with van der Waals surface area (Å²) in [5, 5.41) is 3.54. The molecule has 0 saturated carbocycles. The first kappa shape index (κ1) is 17.3. The molecule has 0 amide bonds. The van der Waals surface area contributed by atoms with Gasteiger partial charge in [0.1, 0.15) is 0 Å². The quantitative estimate of drug-likeness (QED) is 0.700. The van der Waals surface area contributed by atoms with Gasteiger partial charge in [-0.05, 0) is 45.7 Å². The van der Waals surface area contributed by atoms with Crippen molar-refractivity contribution in [3.05, 3.63) is 20.3 Å². The molecule has 0 radical (unpaired) electrons. The average Bonchev–Trinajstić information content (AvgIpc) is 2.69. The maximum atomic E-state index is 6.27. The highest BCUT2D eigenvalue weighted by molar-refractivity contribution is 7.20. The summed E-state index contributed by atoms with van der Waals surface area (Å²) in [7, 11) is 1.75. The fraction of sp³-hybridized carbons (Fsp3) is 0.714. The van der Waals surface area contributed by atoms with Crippen LogP contribution in [-0.4, -0.2) is 19.3 Å². The molecule has 1 aromatic heterocycles. The zero-order valence-electron chi connectivity index (χ0n) is 12.1. The number of rotatable bonds is 8. The van der Waals surface area contributed by atoms with E-state index in [-0.39, 0.29) is 11.6 Å². The van der Waals surface area contributed by atoms with Gasteiger partial charge in [0.2, 0.25) is 0 Å². The second-order valence-electron chi connectivity index (χ2n) is 5.29. The van der Waals surface area contributed by atoms with Crippen LogP contribution >= 0.6 is 34.5 Å². The van der Waals surface area contributed by atoms with Crippen LogP contribution in [0, 0.1) is 0 Å². The van der Waals surface area contributed by atoms with Crippen molar-refractivity contribution >= 4 is 34.5 Å². The van der Waals surface area contributed by atoms with E-state index >= 15 is 0 Å². The van der Waals surface area contributed by atoms with Crippen LogP contribution in [0.4, 0.5) is 0 Å². The molecule has 1 rings (SSSR count). The molecule has 2 nitrogen and oxygen atoms in total. The molecule has 0 aliphatic carbocycles. The van der Waals surface area contributed by atoms with Crippen molar-refractivity contribution < 1.29 is 4.74 Å². The fourth-order valence-electron chi connectivity index (χ4n) is 1.87. The largest absolute Gasteiger partial charge is 0.379 e. The lowest BCUT2D eigenvalue weighted by Crippen LogP contribution is -2.27. The summed E-state index contributed by atoms with van der Waals surface area (Å²) >= 11 is 13.7. The fourth-order valence-corrected chi connectivity index (χ4v) is 3.45. The summed E-state index contributed by atoms with van der Waals surface area (Å²) in [6.07, 6.45) is 3.04. The van der Waals surface area contributed by atoms with Gasteiger partial charge in [-0.2, -0.15) is 0 Å². The first-order valence-electron chi connectivity index (χ1n) is 6.63. The Morgan fingerprint density at radius 3 is 2.58 bits per heavy atom. The number of hydrogen-bond acceptors (Lipinski definition) is 3. The van der Waals surface area contributed by atoms with Crippen LogP contribution in [-0.2, 0) is 4.74 Å². The zero-order valence-corrected chi connectivity index (χ0v) is 14.4. The minimum absolute atomic E-state index is 0.113. The minimum Gasteiger partial charge on any atom is -0.379 e. The van der Waals surface area contributed by atoms with Crippen molar-refractivity contribution in [3.8, 4) is 0 Å². The Morgan fingerprint density at radius 2 is 2.11 bits per heavy atom. The summed E-state index contributed by atoms with van der Waals surface area (Å²) in [6, 6.07) is 2.22. The van der Waals surface area contributed by atoms with E-state index in [9.17, 15) is 0 Å². The van der Waals surface area contributed by atoms with Gasteiger partial charge in [-0.15, -0.1) is 11.3 Å². The van der Waals surface area contributed by atoms with E-state index in [1.807, 2.05) is 6.07 Å². The molecule has 0 bridgehead atoms. The standard InChI is InChI=1S/C14H23Cl2NOS/c1-5-8-17-11(6-7-14(2,3)18-4)10-9-12(15)19-13(10)16/h9,11,17H,5-8H2,1-4H3. The van der Waals surface area contributed by atoms with Crippen LogP contribution < -0.4 is 5.32 Å². The van der Waals surface area contributed by atoms with Gasteiger partial charge in [-0.1, -0.05) is 30.1 Å². The predicted molar refractivity (Wildman–Crippen MR) is 85.7 cm³/mol. The molecular formula is C14H23Cl2NOS. The Bertz CT molecular complexity index is 393. The monoisotopic (exact) mass is 323 g/mol.